The molecule has 0 bridgehead atoms. The summed E-state index contributed by atoms with van der Waals surface area (Å²) in [6, 6.07) is 2.30. The molecular formula is C13H21FN2O3S. The van der Waals surface area contributed by atoms with E-state index in [1.807, 2.05) is 6.92 Å². The first-order chi connectivity index (χ1) is 9.35. The maximum absolute atomic E-state index is 13.8. The van der Waals surface area contributed by atoms with Crippen molar-refractivity contribution in [2.75, 3.05) is 13.7 Å². The quantitative estimate of drug-likeness (QED) is 0.795. The summed E-state index contributed by atoms with van der Waals surface area (Å²) in [5.74, 6) is -0.576. The predicted octanol–water partition coefficient (Wildman–Crippen LogP) is 1.30. The Morgan fingerprint density at radius 2 is 2.10 bits per heavy atom. The Labute approximate surface area is 119 Å². The lowest BCUT2D eigenvalue weighted by atomic mass is 10.1. The van der Waals surface area contributed by atoms with E-state index in [0.717, 1.165) is 0 Å². The zero-order valence-corrected chi connectivity index (χ0v) is 12.8. The molecule has 3 N–H and O–H groups in total. The highest BCUT2D eigenvalue weighted by Crippen LogP contribution is 2.21. The minimum atomic E-state index is -3.81. The molecule has 7 heteroatoms. The number of hydrogen-bond acceptors (Lipinski definition) is 4. The fourth-order valence-corrected chi connectivity index (χ4v) is 3.43. The molecule has 0 aromatic heterocycles. The molecule has 0 saturated heterocycles. The summed E-state index contributed by atoms with van der Waals surface area (Å²) in [5.41, 5.74) is 5.98. The first-order valence-corrected chi connectivity index (χ1v) is 7.84. The van der Waals surface area contributed by atoms with E-state index in [-0.39, 0.29) is 29.7 Å². The molecule has 0 radical (unpaired) electrons. The van der Waals surface area contributed by atoms with Crippen LogP contribution in [0.15, 0.2) is 17.0 Å². The van der Waals surface area contributed by atoms with Gasteiger partial charge in [-0.05, 0) is 31.0 Å². The maximum Gasteiger partial charge on any atom is 0.241 e. The average molecular weight is 304 g/mol. The smallest absolute Gasteiger partial charge is 0.241 e. The Balaban J connectivity index is 3.18. The average Bonchev–Trinajstić information content (AvgIpc) is 2.40. The molecule has 0 fully saturated rings. The highest BCUT2D eigenvalue weighted by molar-refractivity contribution is 7.89. The molecule has 0 spiro atoms. The summed E-state index contributed by atoms with van der Waals surface area (Å²) in [6.45, 7) is 3.61. The van der Waals surface area contributed by atoms with Crippen LogP contribution in [0.25, 0.3) is 0 Å². The van der Waals surface area contributed by atoms with Crippen LogP contribution in [-0.2, 0) is 21.3 Å². The van der Waals surface area contributed by atoms with Crippen molar-refractivity contribution in [3.63, 3.8) is 0 Å². The van der Waals surface area contributed by atoms with Crippen molar-refractivity contribution in [1.29, 1.82) is 0 Å². The minimum absolute atomic E-state index is 0.0764. The second kappa shape index (κ2) is 7.12. The van der Waals surface area contributed by atoms with Gasteiger partial charge < -0.3 is 10.5 Å². The van der Waals surface area contributed by atoms with Gasteiger partial charge in [0, 0.05) is 25.3 Å². The number of hydrogen-bond donors (Lipinski definition) is 2. The van der Waals surface area contributed by atoms with E-state index < -0.39 is 15.8 Å². The Kier molecular flexibility index (Phi) is 6.07. The Hall–Kier alpha value is -1.02. The van der Waals surface area contributed by atoms with Gasteiger partial charge in [-0.2, -0.15) is 0 Å². The van der Waals surface area contributed by atoms with Gasteiger partial charge in [-0.15, -0.1) is 0 Å². The molecule has 20 heavy (non-hydrogen) atoms. The van der Waals surface area contributed by atoms with Crippen LogP contribution in [0.3, 0.4) is 0 Å². The van der Waals surface area contributed by atoms with Crippen molar-refractivity contribution >= 4 is 10.0 Å². The maximum atomic E-state index is 13.8. The molecule has 114 valence electrons. The molecule has 0 amide bonds. The fraction of sp³-hybridized carbons (Fsp3) is 0.538. The van der Waals surface area contributed by atoms with Crippen molar-refractivity contribution in [3.05, 3.63) is 29.1 Å². The lowest BCUT2D eigenvalue weighted by Crippen LogP contribution is -2.37. The number of nitrogens with two attached hydrogens (primary N) is 1. The van der Waals surface area contributed by atoms with E-state index in [9.17, 15) is 12.8 Å². The molecule has 1 aromatic carbocycles. The molecule has 0 saturated carbocycles. The molecule has 0 aliphatic heterocycles. The fourth-order valence-electron chi connectivity index (χ4n) is 1.82. The number of benzene rings is 1. The standard InChI is InChI=1S/C13H21FN2O3S/c1-4-11(8-19-3)16-20(17,18)13-6-10(7-15)5-12(14)9(13)2/h5-6,11,16H,4,7-8,15H2,1-3H3. The largest absolute Gasteiger partial charge is 0.383 e. The van der Waals surface area contributed by atoms with Gasteiger partial charge in [0.2, 0.25) is 10.0 Å². The molecule has 1 atom stereocenters. The highest BCUT2D eigenvalue weighted by atomic mass is 32.2. The van der Waals surface area contributed by atoms with Crippen molar-refractivity contribution in [3.8, 4) is 0 Å². The molecule has 0 heterocycles. The van der Waals surface area contributed by atoms with Crippen LogP contribution in [0.5, 0.6) is 0 Å². The van der Waals surface area contributed by atoms with Crippen molar-refractivity contribution < 1.29 is 17.5 Å². The first kappa shape index (κ1) is 17.0. The van der Waals surface area contributed by atoms with Gasteiger partial charge in [-0.25, -0.2) is 17.5 Å². The lowest BCUT2D eigenvalue weighted by Gasteiger charge is -2.18. The van der Waals surface area contributed by atoms with Crippen LogP contribution in [0.4, 0.5) is 4.39 Å². The molecule has 1 rings (SSSR count). The van der Waals surface area contributed by atoms with Crippen molar-refractivity contribution in [1.82, 2.24) is 4.72 Å². The predicted molar refractivity (Wildman–Crippen MR) is 75.3 cm³/mol. The Morgan fingerprint density at radius 3 is 2.60 bits per heavy atom. The van der Waals surface area contributed by atoms with Gasteiger partial charge in [0.15, 0.2) is 0 Å². The molecule has 0 aliphatic rings. The van der Waals surface area contributed by atoms with Gasteiger partial charge >= 0.3 is 0 Å². The van der Waals surface area contributed by atoms with Crippen LogP contribution >= 0.6 is 0 Å². The van der Waals surface area contributed by atoms with Crippen LogP contribution in [0, 0.1) is 12.7 Å². The number of nitrogens with one attached hydrogen (secondary N) is 1. The topological polar surface area (TPSA) is 81.4 Å². The van der Waals surface area contributed by atoms with E-state index in [1.165, 1.54) is 26.2 Å². The molecule has 0 aliphatic carbocycles. The van der Waals surface area contributed by atoms with E-state index in [2.05, 4.69) is 4.72 Å². The Bertz CT molecular complexity index is 561. The van der Waals surface area contributed by atoms with Crippen LogP contribution in [0.1, 0.15) is 24.5 Å². The first-order valence-electron chi connectivity index (χ1n) is 6.36. The Morgan fingerprint density at radius 1 is 1.45 bits per heavy atom. The van der Waals surface area contributed by atoms with Gasteiger partial charge in [-0.3, -0.25) is 0 Å². The van der Waals surface area contributed by atoms with Gasteiger partial charge in [0.05, 0.1) is 11.5 Å². The van der Waals surface area contributed by atoms with Crippen LogP contribution in [-0.4, -0.2) is 28.2 Å². The zero-order chi connectivity index (χ0) is 15.3. The third-order valence-corrected chi connectivity index (χ3v) is 4.71. The highest BCUT2D eigenvalue weighted by Gasteiger charge is 2.23. The number of rotatable bonds is 7. The minimum Gasteiger partial charge on any atom is -0.383 e. The second-order valence-electron chi connectivity index (χ2n) is 4.59. The number of sulfonamides is 1. The van der Waals surface area contributed by atoms with E-state index in [1.54, 1.807) is 0 Å². The zero-order valence-electron chi connectivity index (χ0n) is 11.9. The second-order valence-corrected chi connectivity index (χ2v) is 6.27. The summed E-state index contributed by atoms with van der Waals surface area (Å²) < 4.78 is 45.9. The number of methoxy groups -OCH3 is 1. The lowest BCUT2D eigenvalue weighted by molar-refractivity contribution is 0.173. The third-order valence-electron chi connectivity index (χ3n) is 3.06. The summed E-state index contributed by atoms with van der Waals surface area (Å²) in [7, 11) is -2.31. The molecule has 1 unspecified atom stereocenters. The van der Waals surface area contributed by atoms with E-state index >= 15 is 0 Å². The van der Waals surface area contributed by atoms with Crippen molar-refractivity contribution in [2.24, 2.45) is 5.73 Å². The van der Waals surface area contributed by atoms with Gasteiger partial charge in [0.1, 0.15) is 5.82 Å². The summed E-state index contributed by atoms with van der Waals surface area (Å²) in [6.07, 6.45) is 0.575. The molecule has 5 nitrogen and oxygen atoms in total. The van der Waals surface area contributed by atoms with E-state index in [0.29, 0.717) is 12.0 Å². The van der Waals surface area contributed by atoms with E-state index in [4.69, 9.17) is 10.5 Å². The van der Waals surface area contributed by atoms with Crippen LogP contribution < -0.4 is 10.5 Å². The SMILES string of the molecule is CCC(COC)NS(=O)(=O)c1cc(CN)cc(F)c1C. The summed E-state index contributed by atoms with van der Waals surface area (Å²) in [5, 5.41) is 0. The normalized spacial score (nSPS) is 13.4. The summed E-state index contributed by atoms with van der Waals surface area (Å²) >= 11 is 0. The van der Waals surface area contributed by atoms with Crippen molar-refractivity contribution in [2.45, 2.75) is 37.8 Å². The summed E-state index contributed by atoms with van der Waals surface area (Å²) in [4.78, 5) is -0.0764. The van der Waals surface area contributed by atoms with Gasteiger partial charge in [-0.1, -0.05) is 6.92 Å². The van der Waals surface area contributed by atoms with Crippen LogP contribution in [0.2, 0.25) is 0 Å². The number of halogens is 1. The third kappa shape index (κ3) is 3.99. The molecule has 1 aromatic rings. The number of ether oxygens (including phenoxy) is 1. The van der Waals surface area contributed by atoms with Gasteiger partial charge in [0.25, 0.3) is 0 Å². The molecular weight excluding hydrogens is 283 g/mol. The monoisotopic (exact) mass is 304 g/mol.